The van der Waals surface area contributed by atoms with Crippen LogP contribution in [0.25, 0.3) is 0 Å². The van der Waals surface area contributed by atoms with E-state index >= 15 is 0 Å². The summed E-state index contributed by atoms with van der Waals surface area (Å²) < 4.78 is 43.4. The molecule has 1 aromatic heterocycles. The molecule has 0 saturated heterocycles. The maximum absolute atomic E-state index is 12.7. The van der Waals surface area contributed by atoms with Gasteiger partial charge in [-0.05, 0) is 25.1 Å². The SMILES string of the molecule is Cc1cc(Oc2cccc(C(F)(F)F)c2)nc(C(C)C)n1. The van der Waals surface area contributed by atoms with E-state index in [4.69, 9.17) is 4.74 Å². The van der Waals surface area contributed by atoms with E-state index in [9.17, 15) is 13.2 Å². The van der Waals surface area contributed by atoms with E-state index in [0.717, 1.165) is 12.1 Å². The smallest absolute Gasteiger partial charge is 0.416 e. The summed E-state index contributed by atoms with van der Waals surface area (Å²) in [6.07, 6.45) is -4.40. The highest BCUT2D eigenvalue weighted by Crippen LogP contribution is 2.32. The van der Waals surface area contributed by atoms with Crippen LogP contribution in [0.1, 0.15) is 36.8 Å². The molecule has 112 valence electrons. The third-order valence-electron chi connectivity index (χ3n) is 2.75. The van der Waals surface area contributed by atoms with Crippen molar-refractivity contribution >= 4 is 0 Å². The van der Waals surface area contributed by atoms with Crippen molar-refractivity contribution in [3.63, 3.8) is 0 Å². The topological polar surface area (TPSA) is 35.0 Å². The van der Waals surface area contributed by atoms with E-state index in [1.807, 2.05) is 13.8 Å². The van der Waals surface area contributed by atoms with Gasteiger partial charge in [0, 0.05) is 17.7 Å². The van der Waals surface area contributed by atoms with Crippen molar-refractivity contribution in [3.05, 3.63) is 47.4 Å². The number of ether oxygens (including phenoxy) is 1. The van der Waals surface area contributed by atoms with Crippen molar-refractivity contribution in [1.82, 2.24) is 9.97 Å². The average Bonchev–Trinajstić information content (AvgIpc) is 2.37. The third-order valence-corrected chi connectivity index (χ3v) is 2.75. The Kier molecular flexibility index (Phi) is 4.16. The Morgan fingerprint density at radius 2 is 1.81 bits per heavy atom. The second-order valence-corrected chi connectivity index (χ2v) is 4.99. The van der Waals surface area contributed by atoms with Crippen LogP contribution in [0, 0.1) is 6.92 Å². The van der Waals surface area contributed by atoms with Gasteiger partial charge in [0.15, 0.2) is 0 Å². The molecule has 0 fully saturated rings. The monoisotopic (exact) mass is 296 g/mol. The van der Waals surface area contributed by atoms with Crippen molar-refractivity contribution in [2.24, 2.45) is 0 Å². The van der Waals surface area contributed by atoms with Gasteiger partial charge in [0.25, 0.3) is 0 Å². The molecule has 21 heavy (non-hydrogen) atoms. The molecular weight excluding hydrogens is 281 g/mol. The zero-order valence-corrected chi connectivity index (χ0v) is 11.9. The highest BCUT2D eigenvalue weighted by Gasteiger charge is 2.30. The molecule has 6 heteroatoms. The van der Waals surface area contributed by atoms with Gasteiger partial charge >= 0.3 is 6.18 Å². The van der Waals surface area contributed by atoms with Crippen molar-refractivity contribution in [3.8, 4) is 11.6 Å². The van der Waals surface area contributed by atoms with Crippen molar-refractivity contribution in [1.29, 1.82) is 0 Å². The van der Waals surface area contributed by atoms with Gasteiger partial charge in [-0.2, -0.15) is 18.2 Å². The standard InChI is InChI=1S/C15H15F3N2O/c1-9(2)14-19-10(3)7-13(20-14)21-12-6-4-5-11(8-12)15(16,17)18/h4-9H,1-3H3. The fourth-order valence-electron chi connectivity index (χ4n) is 1.73. The normalized spacial score (nSPS) is 11.8. The van der Waals surface area contributed by atoms with Gasteiger partial charge in [0.2, 0.25) is 5.88 Å². The third kappa shape index (κ3) is 3.93. The van der Waals surface area contributed by atoms with E-state index in [1.165, 1.54) is 12.1 Å². The first-order valence-corrected chi connectivity index (χ1v) is 6.46. The second-order valence-electron chi connectivity index (χ2n) is 4.99. The molecule has 0 bridgehead atoms. The molecule has 0 radical (unpaired) electrons. The number of hydrogen-bond acceptors (Lipinski definition) is 3. The Balaban J connectivity index is 2.30. The number of benzene rings is 1. The van der Waals surface area contributed by atoms with E-state index in [2.05, 4.69) is 9.97 Å². The largest absolute Gasteiger partial charge is 0.439 e. The highest BCUT2D eigenvalue weighted by molar-refractivity contribution is 5.33. The predicted octanol–water partition coefficient (Wildman–Crippen LogP) is 4.72. The fraction of sp³-hybridized carbons (Fsp3) is 0.333. The first-order chi connectivity index (χ1) is 9.75. The molecule has 1 aromatic carbocycles. The van der Waals surface area contributed by atoms with Crippen LogP contribution in [0.5, 0.6) is 11.6 Å². The number of rotatable bonds is 3. The second kappa shape index (κ2) is 5.71. The lowest BCUT2D eigenvalue weighted by molar-refractivity contribution is -0.137. The molecule has 0 saturated carbocycles. The van der Waals surface area contributed by atoms with Gasteiger partial charge in [-0.3, -0.25) is 0 Å². The van der Waals surface area contributed by atoms with Crippen molar-refractivity contribution in [2.45, 2.75) is 32.9 Å². The number of halogens is 3. The molecule has 1 heterocycles. The van der Waals surface area contributed by atoms with Gasteiger partial charge in [0.1, 0.15) is 11.6 Å². The van der Waals surface area contributed by atoms with Crippen molar-refractivity contribution in [2.75, 3.05) is 0 Å². The lowest BCUT2D eigenvalue weighted by atomic mass is 10.2. The predicted molar refractivity (Wildman–Crippen MR) is 72.4 cm³/mol. The van der Waals surface area contributed by atoms with Crippen LogP contribution in [0.15, 0.2) is 30.3 Å². The molecule has 2 rings (SSSR count). The highest BCUT2D eigenvalue weighted by atomic mass is 19.4. The molecule has 0 aliphatic heterocycles. The Morgan fingerprint density at radius 1 is 1.10 bits per heavy atom. The summed E-state index contributed by atoms with van der Waals surface area (Å²) >= 11 is 0. The number of hydrogen-bond donors (Lipinski definition) is 0. The van der Waals surface area contributed by atoms with Gasteiger partial charge in [-0.25, -0.2) is 4.98 Å². The number of alkyl halides is 3. The first kappa shape index (κ1) is 15.3. The number of nitrogens with zero attached hydrogens (tertiary/aromatic N) is 2. The van der Waals surface area contributed by atoms with Crippen LogP contribution in [-0.2, 0) is 6.18 Å². The minimum absolute atomic E-state index is 0.0950. The Morgan fingerprint density at radius 3 is 2.43 bits per heavy atom. The van der Waals surface area contributed by atoms with Crippen LogP contribution in [0.4, 0.5) is 13.2 Å². The summed E-state index contributed by atoms with van der Waals surface area (Å²) in [5.74, 6) is 1.04. The first-order valence-electron chi connectivity index (χ1n) is 6.46. The average molecular weight is 296 g/mol. The molecule has 0 amide bonds. The van der Waals surface area contributed by atoms with Crippen LogP contribution < -0.4 is 4.74 Å². The van der Waals surface area contributed by atoms with E-state index in [-0.39, 0.29) is 17.5 Å². The molecule has 0 aliphatic rings. The lowest BCUT2D eigenvalue weighted by Crippen LogP contribution is -2.05. The Hall–Kier alpha value is -2.11. The minimum Gasteiger partial charge on any atom is -0.439 e. The van der Waals surface area contributed by atoms with E-state index in [1.54, 1.807) is 13.0 Å². The molecule has 0 N–H and O–H groups in total. The Labute approximate surface area is 120 Å². The van der Waals surface area contributed by atoms with Crippen LogP contribution in [-0.4, -0.2) is 9.97 Å². The van der Waals surface area contributed by atoms with Gasteiger partial charge in [0.05, 0.1) is 5.56 Å². The summed E-state index contributed by atoms with van der Waals surface area (Å²) in [4.78, 5) is 8.47. The Bertz CT molecular complexity index is 639. The van der Waals surface area contributed by atoms with E-state index < -0.39 is 11.7 Å². The zero-order valence-electron chi connectivity index (χ0n) is 11.9. The quantitative estimate of drug-likeness (QED) is 0.822. The van der Waals surface area contributed by atoms with Gasteiger partial charge < -0.3 is 4.74 Å². The summed E-state index contributed by atoms with van der Waals surface area (Å²) in [5.41, 5.74) is -0.0504. The molecule has 0 aliphatic carbocycles. The van der Waals surface area contributed by atoms with Crippen LogP contribution in [0.2, 0.25) is 0 Å². The minimum atomic E-state index is -4.40. The van der Waals surface area contributed by atoms with Crippen LogP contribution >= 0.6 is 0 Å². The van der Waals surface area contributed by atoms with Gasteiger partial charge in [-0.1, -0.05) is 19.9 Å². The number of aryl methyl sites for hydroxylation is 1. The molecule has 0 atom stereocenters. The van der Waals surface area contributed by atoms with Crippen molar-refractivity contribution < 1.29 is 17.9 Å². The summed E-state index contributed by atoms with van der Waals surface area (Å²) in [7, 11) is 0. The van der Waals surface area contributed by atoms with Crippen LogP contribution in [0.3, 0.4) is 0 Å². The summed E-state index contributed by atoms with van der Waals surface area (Å²) in [6.45, 7) is 5.65. The maximum Gasteiger partial charge on any atom is 0.416 e. The van der Waals surface area contributed by atoms with Gasteiger partial charge in [-0.15, -0.1) is 0 Å². The molecule has 0 spiro atoms. The molecule has 3 nitrogen and oxygen atoms in total. The summed E-state index contributed by atoms with van der Waals surface area (Å²) in [5, 5.41) is 0. The summed E-state index contributed by atoms with van der Waals surface area (Å²) in [6, 6.07) is 6.30. The maximum atomic E-state index is 12.7. The molecule has 0 unspecified atom stereocenters. The zero-order chi connectivity index (χ0) is 15.6. The fourth-order valence-corrected chi connectivity index (χ4v) is 1.73. The lowest BCUT2D eigenvalue weighted by Gasteiger charge is -2.11. The molecular formula is C15H15F3N2O. The number of aromatic nitrogens is 2. The van der Waals surface area contributed by atoms with E-state index in [0.29, 0.717) is 11.5 Å². The molecule has 2 aromatic rings.